The van der Waals surface area contributed by atoms with Gasteiger partial charge >= 0.3 is 6.09 Å². The van der Waals surface area contributed by atoms with Crippen molar-refractivity contribution in [3.05, 3.63) is 59.2 Å². The van der Waals surface area contributed by atoms with Crippen molar-refractivity contribution in [3.8, 4) is 11.1 Å². The number of hydrogen-bond donors (Lipinski definition) is 1. The zero-order valence-electron chi connectivity index (χ0n) is 19.1. The van der Waals surface area contributed by atoms with Crippen molar-refractivity contribution in [2.75, 3.05) is 19.6 Å². The summed E-state index contributed by atoms with van der Waals surface area (Å²) in [5, 5.41) is 3.33. The Labute approximate surface area is 191 Å². The maximum absolute atomic E-state index is 13.0. The van der Waals surface area contributed by atoms with E-state index in [1.807, 2.05) is 0 Å². The standard InChI is InChI=1S/C28H34N2O2/c1-2-19-3-5-20(6-4-19)22-7-8-24-23(17-22)9-12-28(13-14-28)26(24)29-27(31)32-25-18-30-15-10-21(25)11-16-30/h3-8,17,21,25-26H,2,9-16,18H2,1H3,(H,29,31)/t25-,26?/m1/s1. The van der Waals surface area contributed by atoms with Crippen LogP contribution in [-0.2, 0) is 17.6 Å². The summed E-state index contributed by atoms with van der Waals surface area (Å²) in [5.41, 5.74) is 6.83. The largest absolute Gasteiger partial charge is 0.445 e. The molecule has 1 saturated carbocycles. The monoisotopic (exact) mass is 430 g/mol. The quantitative estimate of drug-likeness (QED) is 0.696. The minimum Gasteiger partial charge on any atom is -0.445 e. The van der Waals surface area contributed by atoms with E-state index >= 15 is 0 Å². The summed E-state index contributed by atoms with van der Waals surface area (Å²) in [6.07, 6.45) is 7.90. The molecule has 4 fully saturated rings. The van der Waals surface area contributed by atoms with Gasteiger partial charge in [0.05, 0.1) is 6.04 Å². The number of rotatable bonds is 4. The Balaban J connectivity index is 1.21. The second-order valence-corrected chi connectivity index (χ2v) is 10.5. The smallest absolute Gasteiger partial charge is 0.407 e. The van der Waals surface area contributed by atoms with Gasteiger partial charge in [-0.25, -0.2) is 4.79 Å². The number of aryl methyl sites for hydroxylation is 2. The van der Waals surface area contributed by atoms with Crippen LogP contribution in [0.5, 0.6) is 0 Å². The number of amides is 1. The molecule has 1 amide bonds. The molecule has 2 aliphatic carbocycles. The Hall–Kier alpha value is -2.33. The molecular formula is C28H34N2O2. The summed E-state index contributed by atoms with van der Waals surface area (Å²) in [6, 6.07) is 15.8. The normalized spacial score (nSPS) is 29.4. The van der Waals surface area contributed by atoms with Gasteiger partial charge in [0.2, 0.25) is 0 Å². The Morgan fingerprint density at radius 2 is 1.81 bits per heavy atom. The fourth-order valence-electron chi connectivity index (χ4n) is 6.34. The SMILES string of the molecule is CCc1ccc(-c2ccc3c(c2)CCC2(CC2)C3NC(=O)O[C@@H]2CN3CCC2CC3)cc1. The van der Waals surface area contributed by atoms with Gasteiger partial charge in [-0.15, -0.1) is 0 Å². The highest BCUT2D eigenvalue weighted by molar-refractivity contribution is 5.70. The van der Waals surface area contributed by atoms with E-state index in [1.165, 1.54) is 40.7 Å². The minimum absolute atomic E-state index is 0.0594. The van der Waals surface area contributed by atoms with E-state index < -0.39 is 0 Å². The van der Waals surface area contributed by atoms with E-state index in [0.717, 1.165) is 51.7 Å². The van der Waals surface area contributed by atoms with Crippen molar-refractivity contribution in [1.29, 1.82) is 0 Å². The van der Waals surface area contributed by atoms with E-state index in [9.17, 15) is 4.79 Å². The minimum atomic E-state index is -0.216. The zero-order valence-corrected chi connectivity index (χ0v) is 19.1. The maximum atomic E-state index is 13.0. The Bertz CT molecular complexity index is 1000. The van der Waals surface area contributed by atoms with E-state index in [1.54, 1.807) is 0 Å². The molecule has 5 aliphatic rings. The molecule has 2 aromatic rings. The molecule has 3 aliphatic heterocycles. The van der Waals surface area contributed by atoms with Crippen LogP contribution in [0.3, 0.4) is 0 Å². The van der Waals surface area contributed by atoms with Crippen molar-refractivity contribution in [1.82, 2.24) is 10.2 Å². The second-order valence-electron chi connectivity index (χ2n) is 10.5. The number of benzene rings is 2. The fraction of sp³-hybridized carbons (Fsp3) is 0.536. The first-order valence-electron chi connectivity index (χ1n) is 12.6. The first kappa shape index (κ1) is 20.3. The number of carbonyl (C=O) groups is 1. The first-order chi connectivity index (χ1) is 15.6. The molecular weight excluding hydrogens is 396 g/mol. The van der Waals surface area contributed by atoms with Crippen LogP contribution in [0.4, 0.5) is 4.79 Å². The van der Waals surface area contributed by atoms with Crippen LogP contribution in [0.15, 0.2) is 42.5 Å². The van der Waals surface area contributed by atoms with Gasteiger partial charge in [0.25, 0.3) is 0 Å². The molecule has 3 heterocycles. The summed E-state index contributed by atoms with van der Waals surface area (Å²) < 4.78 is 5.99. The number of piperidine rings is 3. The molecule has 0 aromatic heterocycles. The number of fused-ring (bicyclic) bond motifs is 4. The summed E-state index contributed by atoms with van der Waals surface area (Å²) >= 11 is 0. The van der Waals surface area contributed by atoms with E-state index in [-0.39, 0.29) is 23.7 Å². The molecule has 2 aromatic carbocycles. The van der Waals surface area contributed by atoms with Gasteiger partial charge in [-0.2, -0.15) is 0 Å². The number of ether oxygens (including phenoxy) is 1. The number of alkyl carbamates (subject to hydrolysis) is 1. The molecule has 4 heteroatoms. The highest BCUT2D eigenvalue weighted by Crippen LogP contribution is 2.61. The number of nitrogens with zero attached hydrogens (tertiary/aromatic N) is 1. The molecule has 168 valence electrons. The summed E-state index contributed by atoms with van der Waals surface area (Å²) in [7, 11) is 0. The third-order valence-electron chi connectivity index (χ3n) is 8.66. The highest BCUT2D eigenvalue weighted by Gasteiger charge is 2.53. The lowest BCUT2D eigenvalue weighted by atomic mass is 9.76. The predicted molar refractivity (Wildman–Crippen MR) is 127 cm³/mol. The second kappa shape index (κ2) is 7.91. The molecule has 7 rings (SSSR count). The van der Waals surface area contributed by atoms with Crippen molar-refractivity contribution in [2.24, 2.45) is 11.3 Å². The first-order valence-corrected chi connectivity index (χ1v) is 12.6. The highest BCUT2D eigenvalue weighted by atomic mass is 16.6. The van der Waals surface area contributed by atoms with Gasteiger partial charge in [0.1, 0.15) is 6.10 Å². The van der Waals surface area contributed by atoms with Crippen molar-refractivity contribution < 1.29 is 9.53 Å². The Morgan fingerprint density at radius 1 is 1.06 bits per heavy atom. The van der Waals surface area contributed by atoms with Crippen molar-refractivity contribution in [2.45, 2.75) is 64.0 Å². The van der Waals surface area contributed by atoms with Crippen LogP contribution in [-0.4, -0.2) is 36.7 Å². The summed E-state index contributed by atoms with van der Waals surface area (Å²) in [6.45, 7) is 5.42. The van der Waals surface area contributed by atoms with Crippen molar-refractivity contribution >= 4 is 6.09 Å². The molecule has 1 N–H and O–H groups in total. The summed E-state index contributed by atoms with van der Waals surface area (Å²) in [4.78, 5) is 15.4. The lowest BCUT2D eigenvalue weighted by Crippen LogP contribution is -2.53. The van der Waals surface area contributed by atoms with E-state index in [0.29, 0.717) is 5.92 Å². The van der Waals surface area contributed by atoms with Gasteiger partial charge in [-0.3, -0.25) is 4.90 Å². The van der Waals surface area contributed by atoms with Crippen LogP contribution >= 0.6 is 0 Å². The molecule has 1 unspecified atom stereocenters. The average molecular weight is 431 g/mol. The van der Waals surface area contributed by atoms with Gasteiger partial charge in [-0.05, 0) is 97.2 Å². The molecule has 1 spiro atoms. The van der Waals surface area contributed by atoms with Gasteiger partial charge in [0, 0.05) is 6.54 Å². The van der Waals surface area contributed by atoms with E-state index in [4.69, 9.17) is 4.74 Å². The van der Waals surface area contributed by atoms with Gasteiger partial charge < -0.3 is 10.1 Å². The number of hydrogen-bond acceptors (Lipinski definition) is 3. The maximum Gasteiger partial charge on any atom is 0.407 e. The molecule has 3 saturated heterocycles. The topological polar surface area (TPSA) is 41.6 Å². The Morgan fingerprint density at radius 3 is 2.47 bits per heavy atom. The summed E-state index contributed by atoms with van der Waals surface area (Å²) in [5.74, 6) is 0.543. The van der Waals surface area contributed by atoms with E-state index in [2.05, 4.69) is 59.6 Å². The van der Waals surface area contributed by atoms with Crippen LogP contribution in [0, 0.1) is 11.3 Å². The molecule has 2 bridgehead atoms. The molecule has 0 radical (unpaired) electrons. The van der Waals surface area contributed by atoms with Gasteiger partial charge in [0.15, 0.2) is 0 Å². The van der Waals surface area contributed by atoms with Gasteiger partial charge in [-0.1, -0.05) is 49.4 Å². The molecule has 32 heavy (non-hydrogen) atoms. The Kier molecular flexibility index (Phi) is 5.02. The molecule has 4 nitrogen and oxygen atoms in total. The third kappa shape index (κ3) is 3.63. The number of carbonyl (C=O) groups excluding carboxylic acids is 1. The lowest BCUT2D eigenvalue weighted by Gasteiger charge is -2.44. The predicted octanol–water partition coefficient (Wildman–Crippen LogP) is 5.50. The van der Waals surface area contributed by atoms with Crippen LogP contribution in [0.1, 0.15) is 61.8 Å². The fourth-order valence-corrected chi connectivity index (χ4v) is 6.34. The van der Waals surface area contributed by atoms with Crippen LogP contribution < -0.4 is 5.32 Å². The van der Waals surface area contributed by atoms with Crippen LogP contribution in [0.25, 0.3) is 11.1 Å². The van der Waals surface area contributed by atoms with Crippen molar-refractivity contribution in [3.63, 3.8) is 0 Å². The average Bonchev–Trinajstić information content (AvgIpc) is 3.62. The third-order valence-corrected chi connectivity index (χ3v) is 8.66. The zero-order chi connectivity index (χ0) is 21.7. The lowest BCUT2D eigenvalue weighted by molar-refractivity contribution is -0.0347. The molecule has 2 atom stereocenters. The van der Waals surface area contributed by atoms with Crippen LogP contribution in [0.2, 0.25) is 0 Å². The number of nitrogens with one attached hydrogen (secondary N) is 1.